The number of hydrogen-bond donors (Lipinski definition) is 1. The number of benzene rings is 1. The Morgan fingerprint density at radius 1 is 1.21 bits per heavy atom. The molecule has 0 atom stereocenters. The molecule has 0 saturated carbocycles. The molecular formula is C9H7Br2ClO2. The Kier molecular flexibility index (Phi) is 6.08. The van der Waals surface area contributed by atoms with E-state index in [1.807, 2.05) is 18.2 Å². The highest BCUT2D eigenvalue weighted by molar-refractivity contribution is 9.11. The lowest BCUT2D eigenvalue weighted by Gasteiger charge is -1.96. The summed E-state index contributed by atoms with van der Waals surface area (Å²) < 4.78 is 1.82. The molecular weight excluding hydrogens is 335 g/mol. The molecule has 0 unspecified atom stereocenters. The predicted octanol–water partition coefficient (Wildman–Crippen LogP) is 3.73. The molecule has 0 aromatic heterocycles. The van der Waals surface area contributed by atoms with Gasteiger partial charge in [0.25, 0.3) is 0 Å². The van der Waals surface area contributed by atoms with Gasteiger partial charge in [-0.05, 0) is 29.8 Å². The Morgan fingerprint density at radius 3 is 2.14 bits per heavy atom. The summed E-state index contributed by atoms with van der Waals surface area (Å²) in [5.74, 6) is -0.948. The van der Waals surface area contributed by atoms with Gasteiger partial charge in [0, 0.05) is 15.0 Å². The molecule has 0 aliphatic heterocycles. The second-order valence-electron chi connectivity index (χ2n) is 2.37. The molecule has 1 rings (SSSR count). The maximum Gasteiger partial charge on any atom is 0.328 e. The third-order valence-electron chi connectivity index (χ3n) is 1.30. The minimum Gasteiger partial charge on any atom is -0.478 e. The van der Waals surface area contributed by atoms with Crippen LogP contribution in [-0.2, 0) is 4.79 Å². The molecule has 0 spiro atoms. The van der Waals surface area contributed by atoms with Crippen molar-refractivity contribution < 1.29 is 9.90 Å². The number of halogens is 3. The monoisotopic (exact) mass is 340 g/mol. The van der Waals surface area contributed by atoms with Crippen LogP contribution in [0.5, 0.6) is 0 Å². The Hall–Kier alpha value is -0.320. The Bertz CT molecular complexity index is 344. The SMILES string of the molecule is Cl.O=C(O)C=Cc1cc(Br)cc(Br)c1. The van der Waals surface area contributed by atoms with E-state index in [0.717, 1.165) is 20.6 Å². The van der Waals surface area contributed by atoms with Crippen molar-refractivity contribution in [1.29, 1.82) is 0 Å². The summed E-state index contributed by atoms with van der Waals surface area (Å²) in [5, 5.41) is 8.40. The van der Waals surface area contributed by atoms with Crippen LogP contribution in [0.4, 0.5) is 0 Å². The maximum atomic E-state index is 10.2. The summed E-state index contributed by atoms with van der Waals surface area (Å²) in [5.41, 5.74) is 0.837. The Morgan fingerprint density at radius 2 is 1.71 bits per heavy atom. The van der Waals surface area contributed by atoms with Gasteiger partial charge in [-0.1, -0.05) is 31.9 Å². The van der Waals surface area contributed by atoms with E-state index in [2.05, 4.69) is 31.9 Å². The van der Waals surface area contributed by atoms with E-state index in [1.165, 1.54) is 6.08 Å². The highest BCUT2D eigenvalue weighted by Crippen LogP contribution is 2.20. The lowest BCUT2D eigenvalue weighted by atomic mass is 10.2. The molecule has 2 nitrogen and oxygen atoms in total. The van der Waals surface area contributed by atoms with Crippen molar-refractivity contribution in [2.24, 2.45) is 0 Å². The normalized spacial score (nSPS) is 9.86. The Balaban J connectivity index is 0.00000169. The van der Waals surface area contributed by atoms with Crippen molar-refractivity contribution in [2.45, 2.75) is 0 Å². The Labute approximate surface area is 105 Å². The lowest BCUT2D eigenvalue weighted by Crippen LogP contribution is -1.85. The molecule has 0 fully saturated rings. The molecule has 1 aromatic carbocycles. The fourth-order valence-corrected chi connectivity index (χ4v) is 2.17. The second-order valence-corrected chi connectivity index (χ2v) is 4.21. The van der Waals surface area contributed by atoms with Crippen molar-refractivity contribution in [3.63, 3.8) is 0 Å². The van der Waals surface area contributed by atoms with Gasteiger partial charge in [0.1, 0.15) is 0 Å². The van der Waals surface area contributed by atoms with Gasteiger partial charge in [-0.3, -0.25) is 0 Å². The fourth-order valence-electron chi connectivity index (χ4n) is 0.839. The van der Waals surface area contributed by atoms with Gasteiger partial charge < -0.3 is 5.11 Å². The number of rotatable bonds is 2. The minimum absolute atomic E-state index is 0. The molecule has 76 valence electrons. The van der Waals surface area contributed by atoms with Gasteiger partial charge in [0.15, 0.2) is 0 Å². The molecule has 0 aliphatic carbocycles. The molecule has 1 N–H and O–H groups in total. The van der Waals surface area contributed by atoms with E-state index in [1.54, 1.807) is 0 Å². The summed E-state index contributed by atoms with van der Waals surface area (Å²) in [6.45, 7) is 0. The molecule has 14 heavy (non-hydrogen) atoms. The number of carboxylic acid groups (broad SMARTS) is 1. The summed E-state index contributed by atoms with van der Waals surface area (Å²) >= 11 is 6.62. The van der Waals surface area contributed by atoms with E-state index >= 15 is 0 Å². The zero-order valence-electron chi connectivity index (χ0n) is 6.91. The van der Waals surface area contributed by atoms with E-state index < -0.39 is 5.97 Å². The fraction of sp³-hybridized carbons (Fsp3) is 0. The van der Waals surface area contributed by atoms with Crippen molar-refractivity contribution in [3.8, 4) is 0 Å². The van der Waals surface area contributed by atoms with Crippen LogP contribution in [0.2, 0.25) is 0 Å². The number of carboxylic acids is 1. The number of aliphatic carboxylic acids is 1. The van der Waals surface area contributed by atoms with Gasteiger partial charge in [0.2, 0.25) is 0 Å². The third kappa shape index (κ3) is 4.79. The first-order valence-electron chi connectivity index (χ1n) is 3.45. The van der Waals surface area contributed by atoms with Crippen molar-refractivity contribution in [2.75, 3.05) is 0 Å². The van der Waals surface area contributed by atoms with Crippen LogP contribution >= 0.6 is 44.3 Å². The molecule has 5 heteroatoms. The lowest BCUT2D eigenvalue weighted by molar-refractivity contribution is -0.131. The topological polar surface area (TPSA) is 37.3 Å². The van der Waals surface area contributed by atoms with E-state index in [-0.39, 0.29) is 12.4 Å². The van der Waals surface area contributed by atoms with Gasteiger partial charge in [0.05, 0.1) is 0 Å². The van der Waals surface area contributed by atoms with E-state index in [4.69, 9.17) is 5.11 Å². The predicted molar refractivity (Wildman–Crippen MR) is 65.8 cm³/mol. The largest absolute Gasteiger partial charge is 0.478 e. The summed E-state index contributed by atoms with van der Waals surface area (Å²) in [4.78, 5) is 10.2. The van der Waals surface area contributed by atoms with E-state index in [0.29, 0.717) is 0 Å². The van der Waals surface area contributed by atoms with Crippen LogP contribution in [0, 0.1) is 0 Å². The average molecular weight is 342 g/mol. The van der Waals surface area contributed by atoms with Crippen LogP contribution in [-0.4, -0.2) is 11.1 Å². The molecule has 1 aromatic rings. The van der Waals surface area contributed by atoms with Gasteiger partial charge in [-0.2, -0.15) is 0 Å². The number of carbonyl (C=O) groups is 1. The van der Waals surface area contributed by atoms with Gasteiger partial charge in [-0.25, -0.2) is 4.79 Å². The van der Waals surface area contributed by atoms with E-state index in [9.17, 15) is 4.79 Å². The van der Waals surface area contributed by atoms with Crippen molar-refractivity contribution in [1.82, 2.24) is 0 Å². The van der Waals surface area contributed by atoms with Crippen LogP contribution in [0.1, 0.15) is 5.56 Å². The third-order valence-corrected chi connectivity index (χ3v) is 2.22. The quantitative estimate of drug-likeness (QED) is 0.832. The average Bonchev–Trinajstić information content (AvgIpc) is 1.99. The van der Waals surface area contributed by atoms with Crippen LogP contribution < -0.4 is 0 Å². The highest BCUT2D eigenvalue weighted by Gasteiger charge is 1.94. The zero-order chi connectivity index (χ0) is 9.84. The summed E-state index contributed by atoms with van der Waals surface area (Å²) in [6, 6.07) is 5.56. The van der Waals surface area contributed by atoms with Crippen molar-refractivity contribution >= 4 is 56.3 Å². The number of hydrogen-bond acceptors (Lipinski definition) is 1. The zero-order valence-corrected chi connectivity index (χ0v) is 10.9. The smallest absolute Gasteiger partial charge is 0.328 e. The first kappa shape index (κ1) is 13.7. The van der Waals surface area contributed by atoms with Gasteiger partial charge in [-0.15, -0.1) is 12.4 Å². The maximum absolute atomic E-state index is 10.2. The molecule has 0 heterocycles. The van der Waals surface area contributed by atoms with Crippen LogP contribution in [0.15, 0.2) is 33.2 Å². The van der Waals surface area contributed by atoms with Crippen LogP contribution in [0.25, 0.3) is 6.08 Å². The van der Waals surface area contributed by atoms with Crippen LogP contribution in [0.3, 0.4) is 0 Å². The molecule has 0 radical (unpaired) electrons. The van der Waals surface area contributed by atoms with Gasteiger partial charge >= 0.3 is 5.97 Å². The first-order valence-corrected chi connectivity index (χ1v) is 5.03. The first-order chi connectivity index (χ1) is 6.08. The molecule has 0 aliphatic rings. The molecule has 0 saturated heterocycles. The minimum atomic E-state index is -0.948. The molecule has 0 bridgehead atoms. The second kappa shape index (κ2) is 6.22. The standard InChI is InChI=1S/C9H6Br2O2.ClH/c10-7-3-6(1-2-9(12)13)4-8(11)5-7;/h1-5H,(H,12,13);1H. The summed E-state index contributed by atoms with van der Waals surface area (Å²) in [7, 11) is 0. The highest BCUT2D eigenvalue weighted by atomic mass is 79.9. The van der Waals surface area contributed by atoms with Crippen molar-refractivity contribution in [3.05, 3.63) is 38.8 Å². The summed E-state index contributed by atoms with van der Waals surface area (Å²) in [6.07, 6.45) is 2.64. The molecule has 0 amide bonds.